The third-order valence-electron chi connectivity index (χ3n) is 6.02. The summed E-state index contributed by atoms with van der Waals surface area (Å²) in [5.74, 6) is 0.916. The van der Waals surface area contributed by atoms with E-state index in [9.17, 15) is 14.3 Å². The maximum Gasteiger partial charge on any atom is 0.226 e. The lowest BCUT2D eigenvalue weighted by atomic mass is 9.76. The van der Waals surface area contributed by atoms with E-state index in [2.05, 4.69) is 0 Å². The Hall–Kier alpha value is -2.60. The summed E-state index contributed by atoms with van der Waals surface area (Å²) in [6, 6.07) is 11.4. The van der Waals surface area contributed by atoms with E-state index in [1.807, 2.05) is 12.1 Å². The number of halogens is 1. The van der Waals surface area contributed by atoms with Crippen LogP contribution >= 0.6 is 0 Å². The molecule has 3 unspecified atom stereocenters. The quantitative estimate of drug-likeness (QED) is 0.749. The second-order valence-corrected chi connectivity index (χ2v) is 7.75. The minimum atomic E-state index is -0.872. The normalized spacial score (nSPS) is 25.6. The van der Waals surface area contributed by atoms with Gasteiger partial charge in [-0.2, -0.15) is 0 Å². The molecule has 0 heterocycles. The fourth-order valence-electron chi connectivity index (χ4n) is 4.54. The van der Waals surface area contributed by atoms with Crippen LogP contribution in [0.25, 0.3) is 0 Å². The molecule has 4 rings (SSSR count). The van der Waals surface area contributed by atoms with Crippen LogP contribution in [0.3, 0.4) is 0 Å². The van der Waals surface area contributed by atoms with Gasteiger partial charge in [-0.05, 0) is 79.1 Å². The highest BCUT2D eigenvalue weighted by atomic mass is 19.1. The molecule has 1 saturated carbocycles. The van der Waals surface area contributed by atoms with E-state index in [0.717, 1.165) is 24.0 Å². The van der Waals surface area contributed by atoms with Crippen molar-refractivity contribution >= 4 is 5.91 Å². The summed E-state index contributed by atoms with van der Waals surface area (Å²) >= 11 is 0. The SMILES string of the molecule is NC(=O)C12CCC(Cc3cc(OCCOc4ccc(F)cc4)ccc3C1O)C2. The van der Waals surface area contributed by atoms with Crippen LogP contribution in [0.4, 0.5) is 4.39 Å². The highest BCUT2D eigenvalue weighted by Crippen LogP contribution is 2.54. The number of benzene rings is 2. The van der Waals surface area contributed by atoms with E-state index in [1.165, 1.54) is 12.1 Å². The molecule has 2 aliphatic carbocycles. The molecular formula is C22H24FNO4. The Labute approximate surface area is 163 Å². The lowest BCUT2D eigenvalue weighted by Crippen LogP contribution is -2.40. The molecule has 6 heteroatoms. The molecule has 2 aromatic carbocycles. The number of aliphatic hydroxyl groups is 1. The monoisotopic (exact) mass is 385 g/mol. The number of carbonyl (C=O) groups excluding carboxylic acids is 1. The van der Waals surface area contributed by atoms with Crippen LogP contribution in [0.1, 0.15) is 36.5 Å². The number of rotatable bonds is 6. The number of hydrogen-bond donors (Lipinski definition) is 2. The number of aliphatic hydroxyl groups excluding tert-OH is 1. The summed E-state index contributed by atoms with van der Waals surface area (Å²) < 4.78 is 24.2. The van der Waals surface area contributed by atoms with Crippen LogP contribution < -0.4 is 15.2 Å². The predicted octanol–water partition coefficient (Wildman–Crippen LogP) is 3.14. The fraction of sp³-hybridized carbons (Fsp3) is 0.409. The summed E-state index contributed by atoms with van der Waals surface area (Å²) in [5.41, 5.74) is 6.60. The zero-order chi connectivity index (χ0) is 19.7. The molecule has 0 aromatic heterocycles. The second-order valence-electron chi connectivity index (χ2n) is 7.75. The summed E-state index contributed by atoms with van der Waals surface area (Å²) in [4.78, 5) is 12.1. The van der Waals surface area contributed by atoms with E-state index < -0.39 is 17.4 Å². The van der Waals surface area contributed by atoms with E-state index in [-0.39, 0.29) is 5.82 Å². The van der Waals surface area contributed by atoms with Crippen molar-refractivity contribution in [1.29, 1.82) is 0 Å². The average molecular weight is 385 g/mol. The standard InChI is InChI=1S/C22H24FNO4/c23-16-1-3-17(4-2-16)27-9-10-28-18-5-6-19-15(12-18)11-14-7-8-22(13-14,20(19)25)21(24)26/h1-6,12,14,20,25H,7-11,13H2,(H2,24,26). The molecule has 3 atom stereocenters. The van der Waals surface area contributed by atoms with Gasteiger partial charge in [-0.1, -0.05) is 6.07 Å². The molecule has 0 radical (unpaired) electrons. The van der Waals surface area contributed by atoms with Gasteiger partial charge in [0.25, 0.3) is 0 Å². The van der Waals surface area contributed by atoms with Crippen molar-refractivity contribution in [2.45, 2.75) is 31.8 Å². The van der Waals surface area contributed by atoms with E-state index in [0.29, 0.717) is 43.5 Å². The van der Waals surface area contributed by atoms with Gasteiger partial charge in [0, 0.05) is 0 Å². The van der Waals surface area contributed by atoms with Crippen molar-refractivity contribution in [2.75, 3.05) is 13.2 Å². The zero-order valence-corrected chi connectivity index (χ0v) is 15.6. The van der Waals surface area contributed by atoms with Crippen molar-refractivity contribution in [1.82, 2.24) is 0 Å². The van der Waals surface area contributed by atoms with Crippen LogP contribution in [0.2, 0.25) is 0 Å². The molecule has 0 aliphatic heterocycles. The molecule has 1 amide bonds. The molecule has 148 valence electrons. The fourth-order valence-corrected chi connectivity index (χ4v) is 4.54. The van der Waals surface area contributed by atoms with Crippen LogP contribution in [0, 0.1) is 17.2 Å². The van der Waals surface area contributed by atoms with Crippen molar-refractivity contribution in [3.63, 3.8) is 0 Å². The highest BCUT2D eigenvalue weighted by Gasteiger charge is 2.52. The number of hydrogen-bond acceptors (Lipinski definition) is 4. The Morgan fingerprint density at radius 1 is 1.14 bits per heavy atom. The maximum atomic E-state index is 12.9. The van der Waals surface area contributed by atoms with Gasteiger partial charge in [0.2, 0.25) is 5.91 Å². The number of nitrogens with two attached hydrogens (primary N) is 1. The Morgan fingerprint density at radius 3 is 2.54 bits per heavy atom. The molecule has 2 bridgehead atoms. The van der Waals surface area contributed by atoms with Crippen LogP contribution in [-0.4, -0.2) is 24.2 Å². The Kier molecular flexibility index (Phi) is 4.98. The van der Waals surface area contributed by atoms with E-state index >= 15 is 0 Å². The molecule has 2 aliphatic rings. The summed E-state index contributed by atoms with van der Waals surface area (Å²) in [6.45, 7) is 0.673. The van der Waals surface area contributed by atoms with Crippen LogP contribution in [-0.2, 0) is 11.2 Å². The topological polar surface area (TPSA) is 81.8 Å². The molecule has 3 N–H and O–H groups in total. The number of fused-ring (bicyclic) bond motifs is 3. The van der Waals surface area contributed by atoms with Gasteiger partial charge in [-0.25, -0.2) is 4.39 Å². The van der Waals surface area contributed by atoms with Gasteiger partial charge in [-0.3, -0.25) is 4.79 Å². The predicted molar refractivity (Wildman–Crippen MR) is 101 cm³/mol. The summed E-state index contributed by atoms with van der Waals surface area (Å²) in [5, 5.41) is 10.9. The second kappa shape index (κ2) is 7.43. The van der Waals surface area contributed by atoms with Gasteiger partial charge in [-0.15, -0.1) is 0 Å². The van der Waals surface area contributed by atoms with E-state index in [1.54, 1.807) is 18.2 Å². The van der Waals surface area contributed by atoms with Crippen molar-refractivity contribution in [3.8, 4) is 11.5 Å². The number of primary amides is 1. The van der Waals surface area contributed by atoms with Gasteiger partial charge in [0.1, 0.15) is 30.5 Å². The Morgan fingerprint density at radius 2 is 1.82 bits per heavy atom. The smallest absolute Gasteiger partial charge is 0.226 e. The Bertz CT molecular complexity index is 869. The minimum Gasteiger partial charge on any atom is -0.490 e. The summed E-state index contributed by atoms with van der Waals surface area (Å²) in [7, 11) is 0. The lowest BCUT2D eigenvalue weighted by molar-refractivity contribution is -0.134. The molecule has 0 spiro atoms. The third kappa shape index (κ3) is 3.44. The molecule has 28 heavy (non-hydrogen) atoms. The maximum absolute atomic E-state index is 12.9. The largest absolute Gasteiger partial charge is 0.490 e. The zero-order valence-electron chi connectivity index (χ0n) is 15.6. The van der Waals surface area contributed by atoms with Gasteiger partial charge >= 0.3 is 0 Å². The molecular weight excluding hydrogens is 361 g/mol. The van der Waals surface area contributed by atoms with Crippen molar-refractivity contribution in [2.24, 2.45) is 17.1 Å². The number of amides is 1. The first kappa shape index (κ1) is 18.7. The van der Waals surface area contributed by atoms with Crippen LogP contribution in [0.5, 0.6) is 11.5 Å². The van der Waals surface area contributed by atoms with Gasteiger partial charge < -0.3 is 20.3 Å². The first-order valence-corrected chi connectivity index (χ1v) is 9.60. The van der Waals surface area contributed by atoms with E-state index in [4.69, 9.17) is 15.2 Å². The number of ether oxygens (including phenoxy) is 2. The number of carbonyl (C=O) groups is 1. The molecule has 5 nitrogen and oxygen atoms in total. The summed E-state index contributed by atoms with van der Waals surface area (Å²) in [6.07, 6.45) is 2.12. The van der Waals surface area contributed by atoms with Gasteiger partial charge in [0.15, 0.2) is 0 Å². The molecule has 0 saturated heterocycles. The van der Waals surface area contributed by atoms with Crippen molar-refractivity contribution in [3.05, 3.63) is 59.4 Å². The first-order valence-electron chi connectivity index (χ1n) is 9.60. The highest BCUT2D eigenvalue weighted by molar-refractivity contribution is 5.82. The first-order chi connectivity index (χ1) is 13.5. The Balaban J connectivity index is 1.42. The third-order valence-corrected chi connectivity index (χ3v) is 6.02. The minimum absolute atomic E-state index is 0.303. The van der Waals surface area contributed by atoms with Gasteiger partial charge in [0.05, 0.1) is 11.5 Å². The van der Waals surface area contributed by atoms with Crippen LogP contribution in [0.15, 0.2) is 42.5 Å². The average Bonchev–Trinajstić information content (AvgIpc) is 3.06. The van der Waals surface area contributed by atoms with Crippen molar-refractivity contribution < 1.29 is 23.8 Å². The lowest BCUT2D eigenvalue weighted by Gasteiger charge is -2.31. The molecule has 1 fully saturated rings. The molecule has 2 aromatic rings.